The van der Waals surface area contributed by atoms with E-state index in [4.69, 9.17) is 14.6 Å². The van der Waals surface area contributed by atoms with Gasteiger partial charge in [0.2, 0.25) is 10.0 Å². The number of carbonyl (C=O) groups is 1. The van der Waals surface area contributed by atoms with E-state index in [0.717, 1.165) is 12.5 Å². The van der Waals surface area contributed by atoms with Crippen LogP contribution in [0.2, 0.25) is 0 Å². The summed E-state index contributed by atoms with van der Waals surface area (Å²) >= 11 is 0. The minimum Gasteiger partial charge on any atom is -0.490 e. The highest BCUT2D eigenvalue weighted by Crippen LogP contribution is 2.23. The van der Waals surface area contributed by atoms with Gasteiger partial charge in [0.05, 0.1) is 18.1 Å². The van der Waals surface area contributed by atoms with Gasteiger partial charge in [0.1, 0.15) is 6.04 Å². The van der Waals surface area contributed by atoms with E-state index >= 15 is 0 Å². The molecule has 2 rings (SSSR count). The maximum Gasteiger partial charge on any atom is 0.322 e. The molecule has 0 aromatic heterocycles. The number of carboxylic acid groups (broad SMARTS) is 1. The number of sulfonamides is 1. The van der Waals surface area contributed by atoms with Gasteiger partial charge in [-0.25, -0.2) is 12.8 Å². The maximum absolute atomic E-state index is 14.1. The average molecular weight is 375 g/mol. The van der Waals surface area contributed by atoms with Crippen molar-refractivity contribution < 1.29 is 32.2 Å². The Morgan fingerprint density at radius 2 is 2.20 bits per heavy atom. The second kappa shape index (κ2) is 8.11. The zero-order chi connectivity index (χ0) is 18.6. The van der Waals surface area contributed by atoms with E-state index in [1.54, 1.807) is 13.8 Å². The van der Waals surface area contributed by atoms with Gasteiger partial charge in [-0.2, -0.15) is 4.72 Å². The molecule has 2 N–H and O–H groups in total. The summed E-state index contributed by atoms with van der Waals surface area (Å²) in [5, 5.41) is 9.10. The van der Waals surface area contributed by atoms with Crippen molar-refractivity contribution in [3.05, 3.63) is 24.0 Å². The smallest absolute Gasteiger partial charge is 0.322 e. The number of rotatable bonds is 8. The average Bonchev–Trinajstić information content (AvgIpc) is 3.04. The quantitative estimate of drug-likeness (QED) is 0.716. The third kappa shape index (κ3) is 5.13. The van der Waals surface area contributed by atoms with E-state index in [2.05, 4.69) is 4.72 Å². The second-order valence-corrected chi connectivity index (χ2v) is 8.03. The normalized spacial score (nSPS) is 19.1. The van der Waals surface area contributed by atoms with Gasteiger partial charge in [-0.05, 0) is 30.5 Å². The summed E-state index contributed by atoms with van der Waals surface area (Å²) < 4.78 is 51.4. The van der Waals surface area contributed by atoms with Crippen LogP contribution >= 0.6 is 0 Å². The predicted octanol–water partition coefficient (Wildman–Crippen LogP) is 1.63. The fourth-order valence-electron chi connectivity index (χ4n) is 2.40. The van der Waals surface area contributed by atoms with Crippen LogP contribution in [0.3, 0.4) is 0 Å². The van der Waals surface area contributed by atoms with Crippen molar-refractivity contribution in [2.75, 3.05) is 19.8 Å². The number of ether oxygens (including phenoxy) is 2. The SMILES string of the molecule is CC(C)[C@H](NS(=O)(=O)c1ccc(OCC2CCOC2)c(F)c1)C(=O)O. The van der Waals surface area contributed by atoms with Crippen LogP contribution in [0.1, 0.15) is 20.3 Å². The monoisotopic (exact) mass is 375 g/mol. The number of benzene rings is 1. The molecule has 9 heteroatoms. The molecule has 0 spiro atoms. The summed E-state index contributed by atoms with van der Waals surface area (Å²) in [5.41, 5.74) is 0. The summed E-state index contributed by atoms with van der Waals surface area (Å²) in [5.74, 6) is -2.44. The van der Waals surface area contributed by atoms with E-state index in [1.165, 1.54) is 12.1 Å². The Hall–Kier alpha value is -1.71. The highest BCUT2D eigenvalue weighted by molar-refractivity contribution is 7.89. The van der Waals surface area contributed by atoms with Crippen molar-refractivity contribution in [1.29, 1.82) is 0 Å². The Kier molecular flexibility index (Phi) is 6.36. The van der Waals surface area contributed by atoms with Crippen LogP contribution in [0.5, 0.6) is 5.75 Å². The van der Waals surface area contributed by atoms with Crippen LogP contribution in [0.15, 0.2) is 23.1 Å². The number of hydrogen-bond acceptors (Lipinski definition) is 5. The minimum atomic E-state index is -4.17. The van der Waals surface area contributed by atoms with Gasteiger partial charge in [0.25, 0.3) is 0 Å². The summed E-state index contributed by atoms with van der Waals surface area (Å²) in [4.78, 5) is 10.8. The van der Waals surface area contributed by atoms with E-state index in [-0.39, 0.29) is 23.2 Å². The highest BCUT2D eigenvalue weighted by atomic mass is 32.2. The van der Waals surface area contributed by atoms with Crippen LogP contribution in [-0.2, 0) is 19.6 Å². The minimum absolute atomic E-state index is 0.0514. The van der Waals surface area contributed by atoms with E-state index in [0.29, 0.717) is 13.2 Å². The zero-order valence-corrected chi connectivity index (χ0v) is 14.9. The molecule has 140 valence electrons. The Morgan fingerprint density at radius 1 is 1.48 bits per heavy atom. The van der Waals surface area contributed by atoms with Crippen LogP contribution in [-0.4, -0.2) is 45.4 Å². The molecule has 0 radical (unpaired) electrons. The largest absolute Gasteiger partial charge is 0.490 e. The molecule has 2 atom stereocenters. The lowest BCUT2D eigenvalue weighted by atomic mass is 10.1. The van der Waals surface area contributed by atoms with Gasteiger partial charge in [-0.15, -0.1) is 0 Å². The van der Waals surface area contributed by atoms with Gasteiger partial charge in [0, 0.05) is 12.5 Å². The molecule has 1 aliphatic heterocycles. The fraction of sp³-hybridized carbons (Fsp3) is 0.562. The first-order chi connectivity index (χ1) is 11.7. The van der Waals surface area contributed by atoms with Crippen molar-refractivity contribution >= 4 is 16.0 Å². The van der Waals surface area contributed by atoms with E-state index < -0.39 is 33.8 Å². The number of nitrogens with one attached hydrogen (secondary N) is 1. The van der Waals surface area contributed by atoms with E-state index in [9.17, 15) is 17.6 Å². The zero-order valence-electron chi connectivity index (χ0n) is 14.1. The van der Waals surface area contributed by atoms with Crippen molar-refractivity contribution in [3.8, 4) is 5.75 Å². The molecule has 0 saturated carbocycles. The molecule has 7 nitrogen and oxygen atoms in total. The molecule has 1 aromatic carbocycles. The summed E-state index contributed by atoms with van der Waals surface area (Å²) in [6, 6.07) is 1.93. The third-order valence-electron chi connectivity index (χ3n) is 3.93. The lowest BCUT2D eigenvalue weighted by Gasteiger charge is -2.18. The van der Waals surface area contributed by atoms with Crippen molar-refractivity contribution in [1.82, 2.24) is 4.72 Å². The molecule has 0 amide bonds. The van der Waals surface area contributed by atoms with Crippen LogP contribution in [0, 0.1) is 17.7 Å². The first kappa shape index (κ1) is 19.6. The van der Waals surface area contributed by atoms with Gasteiger partial charge in [-0.1, -0.05) is 13.8 Å². The van der Waals surface area contributed by atoms with Crippen LogP contribution in [0.4, 0.5) is 4.39 Å². The lowest BCUT2D eigenvalue weighted by molar-refractivity contribution is -0.140. The Morgan fingerprint density at radius 3 is 2.72 bits per heavy atom. The summed E-state index contributed by atoms with van der Waals surface area (Å²) in [6.45, 7) is 4.65. The molecule has 25 heavy (non-hydrogen) atoms. The van der Waals surface area contributed by atoms with Crippen LogP contribution in [0.25, 0.3) is 0 Å². The molecule has 1 aliphatic rings. The topological polar surface area (TPSA) is 102 Å². The number of hydrogen-bond donors (Lipinski definition) is 2. The Labute approximate surface area is 146 Å². The Bertz CT molecular complexity index is 715. The standard InChI is InChI=1S/C16H22FNO6S/c1-10(2)15(16(19)20)18-25(21,22)12-3-4-14(13(17)7-12)24-9-11-5-6-23-8-11/h3-4,7,10-11,15,18H,5-6,8-9H2,1-2H3,(H,19,20)/t11?,15-/m0/s1. The maximum atomic E-state index is 14.1. The van der Waals surface area contributed by atoms with Gasteiger partial charge in [0.15, 0.2) is 11.6 Å². The van der Waals surface area contributed by atoms with Gasteiger partial charge in [-0.3, -0.25) is 4.79 Å². The van der Waals surface area contributed by atoms with Crippen molar-refractivity contribution in [3.63, 3.8) is 0 Å². The molecule has 1 saturated heterocycles. The first-order valence-corrected chi connectivity index (χ1v) is 9.44. The third-order valence-corrected chi connectivity index (χ3v) is 5.37. The molecule has 0 bridgehead atoms. The van der Waals surface area contributed by atoms with Crippen molar-refractivity contribution in [2.45, 2.75) is 31.2 Å². The fourth-order valence-corrected chi connectivity index (χ4v) is 3.74. The molecule has 0 aliphatic carbocycles. The number of halogens is 1. The van der Waals surface area contributed by atoms with Gasteiger partial charge < -0.3 is 14.6 Å². The molecular formula is C16H22FNO6S. The predicted molar refractivity (Wildman–Crippen MR) is 87.4 cm³/mol. The molecule has 1 aromatic rings. The van der Waals surface area contributed by atoms with Gasteiger partial charge >= 0.3 is 5.97 Å². The number of aliphatic carboxylic acids is 1. The second-order valence-electron chi connectivity index (χ2n) is 6.31. The summed E-state index contributed by atoms with van der Waals surface area (Å²) in [7, 11) is -4.17. The first-order valence-electron chi connectivity index (χ1n) is 7.96. The molecular weight excluding hydrogens is 353 g/mol. The molecule has 1 heterocycles. The molecule has 1 unspecified atom stereocenters. The Balaban J connectivity index is 2.10. The van der Waals surface area contributed by atoms with Crippen molar-refractivity contribution in [2.24, 2.45) is 11.8 Å². The molecule has 1 fully saturated rings. The van der Waals surface area contributed by atoms with E-state index in [1.807, 2.05) is 0 Å². The van der Waals surface area contributed by atoms with Crippen LogP contribution < -0.4 is 9.46 Å². The summed E-state index contributed by atoms with van der Waals surface area (Å²) in [6.07, 6.45) is 0.837. The highest BCUT2D eigenvalue weighted by Gasteiger charge is 2.28. The lowest BCUT2D eigenvalue weighted by Crippen LogP contribution is -2.44. The number of carboxylic acids is 1.